The largest absolute Gasteiger partial charge is 0.367 e. The maximum atomic E-state index is 12.4. The molecule has 3 rings (SSSR count). The van der Waals surface area contributed by atoms with Crippen LogP contribution in [0.2, 0.25) is 0 Å². The summed E-state index contributed by atoms with van der Waals surface area (Å²) in [4.78, 5) is 17.0. The van der Waals surface area contributed by atoms with Gasteiger partial charge in [-0.2, -0.15) is 11.8 Å². The Hall–Kier alpha value is -1.04. The summed E-state index contributed by atoms with van der Waals surface area (Å²) < 4.78 is 5.61. The fraction of sp³-hybridized carbons (Fsp3) is 0.632. The molecule has 0 aliphatic carbocycles. The standard InChI is InChI=1S/C19H28N2O2S/c22-19(16-23-15-17-5-2-1-3-6-17)21-10-4-9-20(11-12-21)18-7-13-24-14-8-18/h1-3,5-6,18H,4,7-16H2. The Morgan fingerprint density at radius 2 is 1.88 bits per heavy atom. The van der Waals surface area contributed by atoms with Crippen molar-refractivity contribution in [3.8, 4) is 0 Å². The molecule has 0 aromatic heterocycles. The van der Waals surface area contributed by atoms with Crippen LogP contribution in [0.3, 0.4) is 0 Å². The first-order chi connectivity index (χ1) is 11.8. The van der Waals surface area contributed by atoms with Gasteiger partial charge in [0.1, 0.15) is 6.61 Å². The van der Waals surface area contributed by atoms with E-state index in [9.17, 15) is 4.79 Å². The van der Waals surface area contributed by atoms with E-state index in [0.29, 0.717) is 6.61 Å². The lowest BCUT2D eigenvalue weighted by Crippen LogP contribution is -2.41. The monoisotopic (exact) mass is 348 g/mol. The molecule has 2 saturated heterocycles. The first kappa shape index (κ1) is 17.8. The Labute approximate surface area is 149 Å². The third-order valence-electron chi connectivity index (χ3n) is 4.93. The van der Waals surface area contributed by atoms with Crippen molar-refractivity contribution in [1.82, 2.24) is 9.80 Å². The quantitative estimate of drug-likeness (QED) is 0.819. The lowest BCUT2D eigenvalue weighted by atomic mass is 10.1. The Bertz CT molecular complexity index is 505. The molecule has 132 valence electrons. The molecule has 0 radical (unpaired) electrons. The second-order valence-corrected chi connectivity index (χ2v) is 7.82. The van der Waals surface area contributed by atoms with Gasteiger partial charge in [-0.05, 0) is 36.3 Å². The summed E-state index contributed by atoms with van der Waals surface area (Å²) in [7, 11) is 0. The van der Waals surface area contributed by atoms with Gasteiger partial charge >= 0.3 is 0 Å². The van der Waals surface area contributed by atoms with Crippen molar-refractivity contribution < 1.29 is 9.53 Å². The minimum atomic E-state index is 0.131. The van der Waals surface area contributed by atoms with E-state index in [1.807, 2.05) is 35.2 Å². The van der Waals surface area contributed by atoms with Crippen molar-refractivity contribution in [3.63, 3.8) is 0 Å². The minimum absolute atomic E-state index is 0.131. The topological polar surface area (TPSA) is 32.8 Å². The maximum Gasteiger partial charge on any atom is 0.248 e. The van der Waals surface area contributed by atoms with Crippen LogP contribution in [0, 0.1) is 0 Å². The number of ether oxygens (including phenoxy) is 1. The highest BCUT2D eigenvalue weighted by atomic mass is 32.2. The molecule has 0 atom stereocenters. The van der Waals surface area contributed by atoms with E-state index in [1.54, 1.807) is 0 Å². The van der Waals surface area contributed by atoms with E-state index in [4.69, 9.17) is 4.74 Å². The molecule has 0 N–H and O–H groups in total. The van der Waals surface area contributed by atoms with E-state index in [0.717, 1.165) is 44.2 Å². The van der Waals surface area contributed by atoms with Gasteiger partial charge in [-0.3, -0.25) is 9.69 Å². The van der Waals surface area contributed by atoms with E-state index < -0.39 is 0 Å². The van der Waals surface area contributed by atoms with Gasteiger partial charge in [0.15, 0.2) is 0 Å². The third-order valence-corrected chi connectivity index (χ3v) is 5.98. The van der Waals surface area contributed by atoms with Gasteiger partial charge < -0.3 is 9.64 Å². The van der Waals surface area contributed by atoms with Crippen LogP contribution < -0.4 is 0 Å². The van der Waals surface area contributed by atoms with Crippen LogP contribution in [0.1, 0.15) is 24.8 Å². The summed E-state index contributed by atoms with van der Waals surface area (Å²) in [5, 5.41) is 0. The van der Waals surface area contributed by atoms with Crippen molar-refractivity contribution in [2.75, 3.05) is 44.3 Å². The normalized spacial score (nSPS) is 20.8. The van der Waals surface area contributed by atoms with Crippen molar-refractivity contribution >= 4 is 17.7 Å². The third kappa shape index (κ3) is 5.23. The molecule has 24 heavy (non-hydrogen) atoms. The molecule has 1 aromatic carbocycles. The SMILES string of the molecule is O=C(COCc1ccccc1)N1CCCN(C2CCSCC2)CC1. The Kier molecular flexibility index (Phi) is 6.99. The Balaban J connectivity index is 1.40. The molecule has 4 nitrogen and oxygen atoms in total. The number of rotatable bonds is 5. The van der Waals surface area contributed by atoms with E-state index >= 15 is 0 Å². The molecule has 2 aliphatic rings. The summed E-state index contributed by atoms with van der Waals surface area (Å²) in [6.45, 7) is 4.55. The summed E-state index contributed by atoms with van der Waals surface area (Å²) >= 11 is 2.07. The highest BCUT2D eigenvalue weighted by molar-refractivity contribution is 7.99. The molecule has 0 unspecified atom stereocenters. The number of carbonyl (C=O) groups is 1. The predicted octanol–water partition coefficient (Wildman–Crippen LogP) is 2.63. The molecule has 2 heterocycles. The first-order valence-electron chi connectivity index (χ1n) is 9.04. The zero-order valence-corrected chi connectivity index (χ0v) is 15.2. The molecule has 1 amide bonds. The number of nitrogens with zero attached hydrogens (tertiary/aromatic N) is 2. The van der Waals surface area contributed by atoms with Crippen LogP contribution in [-0.2, 0) is 16.1 Å². The molecule has 5 heteroatoms. The number of benzene rings is 1. The maximum absolute atomic E-state index is 12.4. The average Bonchev–Trinajstić information content (AvgIpc) is 2.89. The lowest BCUT2D eigenvalue weighted by Gasteiger charge is -2.33. The second kappa shape index (κ2) is 9.44. The molecule has 2 aliphatic heterocycles. The number of thioether (sulfide) groups is 1. The number of amides is 1. The summed E-state index contributed by atoms with van der Waals surface area (Å²) in [5.74, 6) is 2.71. The van der Waals surface area contributed by atoms with Crippen LogP contribution in [0.15, 0.2) is 30.3 Å². The number of carbonyl (C=O) groups excluding carboxylic acids is 1. The second-order valence-electron chi connectivity index (χ2n) is 6.59. The van der Waals surface area contributed by atoms with Gasteiger partial charge in [0.25, 0.3) is 0 Å². The smallest absolute Gasteiger partial charge is 0.248 e. The lowest BCUT2D eigenvalue weighted by molar-refractivity contribution is -0.136. The number of hydrogen-bond donors (Lipinski definition) is 0. The van der Waals surface area contributed by atoms with Crippen LogP contribution in [0.25, 0.3) is 0 Å². The minimum Gasteiger partial charge on any atom is -0.367 e. The van der Waals surface area contributed by atoms with Crippen LogP contribution in [-0.4, -0.2) is 66.0 Å². The van der Waals surface area contributed by atoms with Crippen molar-refractivity contribution in [2.45, 2.75) is 31.9 Å². The van der Waals surface area contributed by atoms with E-state index in [2.05, 4.69) is 16.7 Å². The van der Waals surface area contributed by atoms with Gasteiger partial charge in [0.2, 0.25) is 5.91 Å². The predicted molar refractivity (Wildman–Crippen MR) is 99.2 cm³/mol. The average molecular weight is 349 g/mol. The Morgan fingerprint density at radius 3 is 2.67 bits per heavy atom. The van der Waals surface area contributed by atoms with Gasteiger partial charge in [-0.15, -0.1) is 0 Å². The van der Waals surface area contributed by atoms with Crippen molar-refractivity contribution in [1.29, 1.82) is 0 Å². The van der Waals surface area contributed by atoms with Crippen LogP contribution in [0.5, 0.6) is 0 Å². The Morgan fingerprint density at radius 1 is 1.08 bits per heavy atom. The van der Waals surface area contributed by atoms with E-state index in [1.165, 1.54) is 24.3 Å². The molecule has 1 aromatic rings. The summed E-state index contributed by atoms with van der Waals surface area (Å²) in [6, 6.07) is 10.8. The van der Waals surface area contributed by atoms with Gasteiger partial charge in [0, 0.05) is 32.2 Å². The molecule has 0 spiro atoms. The number of hydrogen-bond acceptors (Lipinski definition) is 4. The first-order valence-corrected chi connectivity index (χ1v) is 10.2. The fourth-order valence-electron chi connectivity index (χ4n) is 3.52. The molecule has 2 fully saturated rings. The molecular formula is C19H28N2O2S. The molecular weight excluding hydrogens is 320 g/mol. The molecule has 0 saturated carbocycles. The van der Waals surface area contributed by atoms with Crippen molar-refractivity contribution in [2.24, 2.45) is 0 Å². The summed E-state index contributed by atoms with van der Waals surface area (Å²) in [6.07, 6.45) is 3.69. The van der Waals surface area contributed by atoms with Crippen LogP contribution >= 0.6 is 11.8 Å². The molecule has 0 bridgehead atoms. The highest BCUT2D eigenvalue weighted by Gasteiger charge is 2.25. The van der Waals surface area contributed by atoms with Crippen LogP contribution in [0.4, 0.5) is 0 Å². The highest BCUT2D eigenvalue weighted by Crippen LogP contribution is 2.22. The fourth-order valence-corrected chi connectivity index (χ4v) is 4.61. The zero-order valence-electron chi connectivity index (χ0n) is 14.4. The van der Waals surface area contributed by atoms with E-state index in [-0.39, 0.29) is 12.5 Å². The summed E-state index contributed by atoms with van der Waals surface area (Å²) in [5.41, 5.74) is 1.11. The van der Waals surface area contributed by atoms with Gasteiger partial charge in [-0.1, -0.05) is 30.3 Å². The van der Waals surface area contributed by atoms with Gasteiger partial charge in [-0.25, -0.2) is 0 Å². The van der Waals surface area contributed by atoms with Gasteiger partial charge in [0.05, 0.1) is 6.61 Å². The zero-order chi connectivity index (χ0) is 16.6. The van der Waals surface area contributed by atoms with Crippen molar-refractivity contribution in [3.05, 3.63) is 35.9 Å².